The van der Waals surface area contributed by atoms with Crippen LogP contribution in [0.4, 0.5) is 11.4 Å². The monoisotopic (exact) mass is 792 g/mol. The normalized spacial score (nSPS) is 12.2. The van der Waals surface area contributed by atoms with Gasteiger partial charge in [0.15, 0.2) is 0 Å². The van der Waals surface area contributed by atoms with Gasteiger partial charge in [0.05, 0.1) is 11.4 Å². The molecule has 0 unspecified atom stereocenters. The second-order valence-corrected chi connectivity index (χ2v) is 20.9. The quantitative estimate of drug-likeness (QED) is 0.0868. The number of nitrogens with zero attached hydrogens (tertiary/aromatic N) is 2. The van der Waals surface area contributed by atoms with Crippen molar-refractivity contribution < 1.29 is 10.9 Å². The summed E-state index contributed by atoms with van der Waals surface area (Å²) < 4.78 is 6.00. The first-order valence-corrected chi connectivity index (χ1v) is 22.6. The minimum absolute atomic E-state index is 0.372. The van der Waals surface area contributed by atoms with Crippen LogP contribution in [0.3, 0.4) is 0 Å². The summed E-state index contributed by atoms with van der Waals surface area (Å²) in [5, 5.41) is 2.58. The first-order chi connectivity index (χ1) is 21.5. The molecule has 4 aromatic carbocycles. The molecule has 0 aliphatic rings. The molecular weight excluding hydrogens is 746 g/mol. The Labute approximate surface area is 293 Å². The van der Waals surface area contributed by atoms with Gasteiger partial charge < -0.3 is 0 Å². The van der Waals surface area contributed by atoms with Crippen molar-refractivity contribution in [2.75, 3.05) is 6.16 Å². The Morgan fingerprint density at radius 1 is 0.556 bits per heavy atom. The molecule has 0 radical (unpaired) electrons. The van der Waals surface area contributed by atoms with Crippen LogP contribution in [0.25, 0.3) is 0 Å². The Kier molecular flexibility index (Phi) is 15.0. The zero-order valence-electron chi connectivity index (χ0n) is 28.2. The second-order valence-electron chi connectivity index (χ2n) is 12.8. The van der Waals surface area contributed by atoms with Gasteiger partial charge in [-0.05, 0) is 63.5 Å². The Morgan fingerprint density at radius 3 is 1.22 bits per heavy atom. The van der Waals surface area contributed by atoms with Crippen LogP contribution in [0.1, 0.15) is 108 Å². The van der Waals surface area contributed by atoms with E-state index in [2.05, 4.69) is 188 Å². The van der Waals surface area contributed by atoms with E-state index in [1.165, 1.54) is 49.4 Å². The van der Waals surface area contributed by atoms with Crippen molar-refractivity contribution in [2.24, 2.45) is 9.74 Å². The van der Waals surface area contributed by atoms with Gasteiger partial charge in [-0.2, -0.15) is 0 Å². The van der Waals surface area contributed by atoms with Gasteiger partial charge in [0.2, 0.25) is 0 Å². The van der Waals surface area contributed by atoms with Gasteiger partial charge in [0.25, 0.3) is 0 Å². The van der Waals surface area contributed by atoms with Crippen molar-refractivity contribution in [3.8, 4) is 0 Å². The van der Waals surface area contributed by atoms with Gasteiger partial charge in [-0.3, -0.25) is 9.74 Å². The predicted molar refractivity (Wildman–Crippen MR) is 206 cm³/mol. The molecular formula is C39H49Br2N2NiP. The van der Waals surface area contributed by atoms with Gasteiger partial charge in [-0.25, -0.2) is 0 Å². The van der Waals surface area contributed by atoms with E-state index in [9.17, 15) is 0 Å². The maximum absolute atomic E-state index is 6.00. The summed E-state index contributed by atoms with van der Waals surface area (Å²) in [6, 6.07) is 35.5. The predicted octanol–water partition coefficient (Wildman–Crippen LogP) is 13.1. The molecule has 4 rings (SSSR count). The van der Waals surface area contributed by atoms with E-state index in [0.717, 1.165) is 17.6 Å². The fourth-order valence-corrected chi connectivity index (χ4v) is 9.43. The molecule has 0 aliphatic heterocycles. The molecule has 0 bridgehead atoms. The Hall–Kier alpha value is -1.77. The molecule has 0 aromatic heterocycles. The minimum atomic E-state index is -2.33. The van der Waals surface area contributed by atoms with Crippen LogP contribution in [0.15, 0.2) is 107 Å². The average molecular weight is 795 g/mol. The van der Waals surface area contributed by atoms with Crippen molar-refractivity contribution in [2.45, 2.75) is 86.0 Å². The summed E-state index contributed by atoms with van der Waals surface area (Å²) >= 11 is 6.00. The summed E-state index contributed by atoms with van der Waals surface area (Å²) in [6.45, 7) is 20.4. The summed E-state index contributed by atoms with van der Waals surface area (Å²) in [5.74, 6) is 1.54. The van der Waals surface area contributed by atoms with E-state index < -0.39 is 7.05 Å². The molecule has 0 spiro atoms. The molecule has 0 heterocycles. The Bertz CT molecular complexity index is 1500. The van der Waals surface area contributed by atoms with Crippen molar-refractivity contribution in [1.82, 2.24) is 0 Å². The number of hydrogen-bond acceptors (Lipinski definition) is 2. The molecule has 0 atom stereocenters. The zero-order chi connectivity index (χ0) is 33.1. The third-order valence-electron chi connectivity index (χ3n) is 8.08. The average Bonchev–Trinajstić information content (AvgIpc) is 3.01. The number of halogens is 2. The van der Waals surface area contributed by atoms with E-state index >= 15 is 0 Å². The summed E-state index contributed by atoms with van der Waals surface area (Å²) in [5.41, 5.74) is 8.70. The first kappa shape index (κ1) is 37.7. The molecule has 2 nitrogen and oxygen atoms in total. The van der Waals surface area contributed by atoms with E-state index in [1.807, 2.05) is 0 Å². The van der Waals surface area contributed by atoms with Crippen LogP contribution in [0, 0.1) is 0 Å². The molecule has 0 fully saturated rings. The summed E-state index contributed by atoms with van der Waals surface area (Å²) in [7, 11) is -1.08. The fourth-order valence-electron chi connectivity index (χ4n) is 5.83. The van der Waals surface area contributed by atoms with Crippen LogP contribution in [0.2, 0.25) is 0 Å². The van der Waals surface area contributed by atoms with Crippen molar-refractivity contribution >= 4 is 63.2 Å². The van der Waals surface area contributed by atoms with Crippen LogP contribution in [-0.4, -0.2) is 11.9 Å². The fraction of sp³-hybridized carbons (Fsp3) is 0.359. The Morgan fingerprint density at radius 2 is 0.889 bits per heavy atom. The number of para-hydroxylation sites is 1. The van der Waals surface area contributed by atoms with Gasteiger partial charge in [-0.1, -0.05) is 152 Å². The number of rotatable bonds is 10. The number of aliphatic imine (C=N–C) groups is 1. The van der Waals surface area contributed by atoms with Crippen LogP contribution < -0.4 is 10.6 Å². The number of benzene rings is 4. The molecule has 244 valence electrons. The molecule has 0 amide bonds. The molecule has 45 heavy (non-hydrogen) atoms. The Balaban J connectivity index is 0.00000177. The van der Waals surface area contributed by atoms with Crippen LogP contribution in [-0.2, 0) is 10.9 Å². The van der Waals surface area contributed by atoms with E-state index in [0.29, 0.717) is 23.7 Å². The molecule has 0 N–H and O–H groups in total. The van der Waals surface area contributed by atoms with Crippen LogP contribution >= 0.6 is 35.5 Å². The molecule has 4 aromatic rings. The van der Waals surface area contributed by atoms with E-state index in [4.69, 9.17) is 9.74 Å². The number of hydrogen-bond donors (Lipinski definition) is 0. The summed E-state index contributed by atoms with van der Waals surface area (Å²) in [6.07, 6.45) is 0.787. The SMILES string of the molecule is CC(CP(=Nc1c(C(C)C)cccc1C(C)C)(c1ccccc1)c1ccccc1)=Nc1c(C(C)C)cccc1C(C)C.[Br][Ni][Br]. The second kappa shape index (κ2) is 18.0. The van der Waals surface area contributed by atoms with E-state index in [-0.39, 0.29) is 0 Å². The summed E-state index contributed by atoms with van der Waals surface area (Å²) in [4.78, 5) is 5.48. The zero-order valence-corrected chi connectivity index (χ0v) is 33.2. The molecule has 0 aliphatic carbocycles. The molecule has 0 saturated heterocycles. The standard InChI is InChI=1S/C39H49N2P.2BrH.Ni/c1-27(2)34-22-16-23-35(28(3)4)38(34)40-31(9)26-42(32-18-12-10-13-19-32,33-20-14-11-15-21-33)41-39-36(29(5)6)24-17-25-37(39)30(7)8;;;/h10-25,27-30H,26H2,1-9H3;2*1H;/q;;;+2/p-2. The molecule has 6 heteroatoms. The van der Waals surface area contributed by atoms with Gasteiger partial charge in [0, 0.05) is 18.9 Å². The van der Waals surface area contributed by atoms with Gasteiger partial charge in [-0.15, -0.1) is 0 Å². The van der Waals surface area contributed by atoms with Crippen LogP contribution in [0.5, 0.6) is 0 Å². The van der Waals surface area contributed by atoms with Crippen molar-refractivity contribution in [1.29, 1.82) is 0 Å². The van der Waals surface area contributed by atoms with E-state index in [1.54, 1.807) is 0 Å². The van der Waals surface area contributed by atoms with Gasteiger partial charge in [0.1, 0.15) is 0 Å². The first-order valence-electron chi connectivity index (χ1n) is 15.8. The van der Waals surface area contributed by atoms with Crippen molar-refractivity contribution in [3.63, 3.8) is 0 Å². The third kappa shape index (κ3) is 9.64. The molecule has 0 saturated carbocycles. The maximum atomic E-state index is 6.00. The van der Waals surface area contributed by atoms with Crippen molar-refractivity contribution in [3.05, 3.63) is 119 Å². The van der Waals surface area contributed by atoms with Gasteiger partial charge >= 0.3 is 39.3 Å². The topological polar surface area (TPSA) is 24.7 Å². The third-order valence-corrected chi connectivity index (χ3v) is 11.8.